The molecule has 2 aromatic carbocycles. The monoisotopic (exact) mass is 425 g/mol. The topological polar surface area (TPSA) is 85.4 Å². The molecule has 8 heteroatoms. The number of benzene rings is 2. The Morgan fingerprint density at radius 2 is 1.93 bits per heavy atom. The standard InChI is InChI=1S/C21H16ClN3O3S/c22-15-5-3-4-13(8-15)10-24-11-14(16-6-1-2-7-17(16)24)9-18-20(27)25(12-19(23)26)21(28)29-18/h1-9,11H,10,12H2,(H2,23,26)/b18-9-. The number of fused-ring (bicyclic) bond motifs is 1. The number of para-hydroxylation sites is 1. The Hall–Kier alpha value is -3.03. The average Bonchev–Trinajstić information content (AvgIpc) is 3.14. The van der Waals surface area contributed by atoms with Gasteiger partial charge in [-0.2, -0.15) is 0 Å². The van der Waals surface area contributed by atoms with Crippen LogP contribution in [0.5, 0.6) is 0 Å². The van der Waals surface area contributed by atoms with E-state index in [4.69, 9.17) is 17.3 Å². The lowest BCUT2D eigenvalue weighted by atomic mass is 10.1. The van der Waals surface area contributed by atoms with Crippen LogP contribution in [-0.4, -0.2) is 33.1 Å². The van der Waals surface area contributed by atoms with Crippen LogP contribution in [0.2, 0.25) is 5.02 Å². The first-order chi connectivity index (χ1) is 13.9. The summed E-state index contributed by atoms with van der Waals surface area (Å²) in [6, 6.07) is 15.5. The molecule has 0 saturated carbocycles. The second kappa shape index (κ2) is 7.77. The summed E-state index contributed by atoms with van der Waals surface area (Å²) >= 11 is 6.91. The maximum absolute atomic E-state index is 12.5. The van der Waals surface area contributed by atoms with E-state index >= 15 is 0 Å². The van der Waals surface area contributed by atoms with Gasteiger partial charge in [0.15, 0.2) is 0 Å². The van der Waals surface area contributed by atoms with Crippen LogP contribution in [0.1, 0.15) is 11.1 Å². The molecular formula is C21H16ClN3O3S. The van der Waals surface area contributed by atoms with Gasteiger partial charge >= 0.3 is 0 Å². The maximum Gasteiger partial charge on any atom is 0.294 e. The van der Waals surface area contributed by atoms with Gasteiger partial charge in [0.1, 0.15) is 6.54 Å². The number of amides is 3. The Balaban J connectivity index is 1.72. The molecule has 1 aromatic heterocycles. The number of imide groups is 1. The van der Waals surface area contributed by atoms with Gasteiger partial charge in [0.25, 0.3) is 11.1 Å². The zero-order valence-corrected chi connectivity index (χ0v) is 16.7. The number of thioether (sulfide) groups is 1. The van der Waals surface area contributed by atoms with Crippen molar-refractivity contribution in [1.29, 1.82) is 0 Å². The number of aromatic nitrogens is 1. The highest BCUT2D eigenvalue weighted by molar-refractivity contribution is 8.18. The number of rotatable bonds is 5. The Morgan fingerprint density at radius 1 is 1.14 bits per heavy atom. The molecule has 1 fully saturated rings. The molecule has 1 aliphatic rings. The van der Waals surface area contributed by atoms with Crippen molar-refractivity contribution in [2.24, 2.45) is 5.73 Å². The first-order valence-corrected chi connectivity index (χ1v) is 9.98. The molecule has 3 amide bonds. The molecule has 1 saturated heterocycles. The molecule has 1 aliphatic heterocycles. The molecule has 6 nitrogen and oxygen atoms in total. The third-order valence-corrected chi connectivity index (χ3v) is 5.68. The van der Waals surface area contributed by atoms with Crippen LogP contribution in [0.3, 0.4) is 0 Å². The highest BCUT2D eigenvalue weighted by atomic mass is 35.5. The van der Waals surface area contributed by atoms with E-state index in [2.05, 4.69) is 4.57 Å². The average molecular weight is 426 g/mol. The van der Waals surface area contributed by atoms with Crippen molar-refractivity contribution in [1.82, 2.24) is 9.47 Å². The van der Waals surface area contributed by atoms with Gasteiger partial charge < -0.3 is 10.3 Å². The van der Waals surface area contributed by atoms with Gasteiger partial charge in [-0.05, 0) is 41.6 Å². The van der Waals surface area contributed by atoms with Gasteiger partial charge in [0, 0.05) is 34.2 Å². The van der Waals surface area contributed by atoms with E-state index in [-0.39, 0.29) is 4.91 Å². The van der Waals surface area contributed by atoms with Crippen molar-refractivity contribution in [3.63, 3.8) is 0 Å². The summed E-state index contributed by atoms with van der Waals surface area (Å²) in [7, 11) is 0. The molecule has 0 aliphatic carbocycles. The number of nitrogens with two attached hydrogens (primary N) is 1. The summed E-state index contributed by atoms with van der Waals surface area (Å²) in [4.78, 5) is 36.8. The summed E-state index contributed by atoms with van der Waals surface area (Å²) < 4.78 is 2.07. The number of halogens is 1. The normalized spacial score (nSPS) is 15.6. The molecular weight excluding hydrogens is 410 g/mol. The van der Waals surface area contributed by atoms with E-state index < -0.39 is 23.6 Å². The first kappa shape index (κ1) is 19.3. The van der Waals surface area contributed by atoms with Gasteiger partial charge in [0.2, 0.25) is 5.91 Å². The van der Waals surface area contributed by atoms with Crippen molar-refractivity contribution >= 4 is 57.4 Å². The third kappa shape index (κ3) is 3.92. The van der Waals surface area contributed by atoms with Crippen LogP contribution in [0, 0.1) is 0 Å². The van der Waals surface area contributed by atoms with E-state index in [9.17, 15) is 14.4 Å². The summed E-state index contributed by atoms with van der Waals surface area (Å²) in [5.74, 6) is -1.24. The van der Waals surface area contributed by atoms with Crippen molar-refractivity contribution in [2.75, 3.05) is 6.54 Å². The lowest BCUT2D eigenvalue weighted by Crippen LogP contribution is -2.36. The quantitative estimate of drug-likeness (QED) is 0.629. The van der Waals surface area contributed by atoms with Crippen molar-refractivity contribution in [2.45, 2.75) is 6.54 Å². The minimum atomic E-state index is -0.730. The highest BCUT2D eigenvalue weighted by Gasteiger charge is 2.36. The number of carbonyl (C=O) groups is 3. The molecule has 0 radical (unpaired) electrons. The molecule has 0 atom stereocenters. The van der Waals surface area contributed by atoms with Gasteiger partial charge in [0.05, 0.1) is 4.91 Å². The Kier molecular flexibility index (Phi) is 5.17. The fourth-order valence-corrected chi connectivity index (χ4v) is 4.33. The molecule has 4 rings (SSSR count). The fourth-order valence-electron chi connectivity index (χ4n) is 3.29. The Morgan fingerprint density at radius 3 is 2.69 bits per heavy atom. The van der Waals surface area contributed by atoms with E-state index in [1.165, 1.54) is 0 Å². The SMILES string of the molecule is NC(=O)CN1C(=O)S/C(=C\c2cn(Cc3cccc(Cl)c3)c3ccccc23)C1=O. The predicted octanol–water partition coefficient (Wildman–Crippen LogP) is 3.86. The second-order valence-corrected chi connectivity index (χ2v) is 8.02. The molecule has 2 N–H and O–H groups in total. The molecule has 0 bridgehead atoms. The first-order valence-electron chi connectivity index (χ1n) is 8.78. The Labute approximate surface area is 175 Å². The minimum absolute atomic E-state index is 0.266. The Bertz CT molecular complexity index is 1180. The summed E-state index contributed by atoms with van der Waals surface area (Å²) in [6.45, 7) is 0.191. The maximum atomic E-state index is 12.5. The van der Waals surface area contributed by atoms with Gasteiger partial charge in [-0.3, -0.25) is 19.3 Å². The molecule has 0 spiro atoms. The predicted molar refractivity (Wildman–Crippen MR) is 114 cm³/mol. The zero-order chi connectivity index (χ0) is 20.5. The lowest BCUT2D eigenvalue weighted by Gasteiger charge is -2.08. The van der Waals surface area contributed by atoms with Gasteiger partial charge in [-0.1, -0.05) is 41.9 Å². The van der Waals surface area contributed by atoms with Crippen molar-refractivity contribution in [3.05, 3.63) is 75.8 Å². The molecule has 146 valence electrons. The van der Waals surface area contributed by atoms with Crippen LogP contribution in [0.4, 0.5) is 4.79 Å². The van der Waals surface area contributed by atoms with E-state index in [0.29, 0.717) is 11.6 Å². The molecule has 29 heavy (non-hydrogen) atoms. The van der Waals surface area contributed by atoms with Gasteiger partial charge in [-0.15, -0.1) is 0 Å². The molecule has 3 aromatic rings. The van der Waals surface area contributed by atoms with Crippen LogP contribution < -0.4 is 5.73 Å². The van der Waals surface area contributed by atoms with Crippen molar-refractivity contribution in [3.8, 4) is 0 Å². The number of hydrogen-bond acceptors (Lipinski definition) is 4. The number of primary amides is 1. The summed E-state index contributed by atoms with van der Waals surface area (Å²) in [5, 5.41) is 1.13. The highest BCUT2D eigenvalue weighted by Crippen LogP contribution is 2.34. The van der Waals surface area contributed by atoms with Gasteiger partial charge in [-0.25, -0.2) is 0 Å². The number of carbonyl (C=O) groups excluding carboxylic acids is 3. The zero-order valence-electron chi connectivity index (χ0n) is 15.2. The van der Waals surface area contributed by atoms with Crippen LogP contribution >= 0.6 is 23.4 Å². The van der Waals surface area contributed by atoms with E-state index in [0.717, 1.165) is 38.7 Å². The molecule has 0 unspecified atom stereocenters. The van der Waals surface area contributed by atoms with E-state index in [1.807, 2.05) is 54.7 Å². The summed E-state index contributed by atoms with van der Waals surface area (Å²) in [6.07, 6.45) is 3.62. The lowest BCUT2D eigenvalue weighted by molar-refractivity contribution is -0.127. The summed E-state index contributed by atoms with van der Waals surface area (Å²) in [5.41, 5.74) is 7.99. The van der Waals surface area contributed by atoms with E-state index in [1.54, 1.807) is 6.08 Å². The van der Waals surface area contributed by atoms with Crippen LogP contribution in [0.25, 0.3) is 17.0 Å². The second-order valence-electron chi connectivity index (χ2n) is 6.59. The van der Waals surface area contributed by atoms with Crippen LogP contribution in [-0.2, 0) is 16.1 Å². The minimum Gasteiger partial charge on any atom is -0.368 e. The number of nitrogens with zero attached hydrogens (tertiary/aromatic N) is 2. The van der Waals surface area contributed by atoms with Crippen molar-refractivity contribution < 1.29 is 14.4 Å². The largest absolute Gasteiger partial charge is 0.368 e. The molecule has 2 heterocycles. The third-order valence-electron chi connectivity index (χ3n) is 4.54. The smallest absolute Gasteiger partial charge is 0.294 e. The number of hydrogen-bond donors (Lipinski definition) is 1. The fraction of sp³-hybridized carbons (Fsp3) is 0.0952. The van der Waals surface area contributed by atoms with Crippen LogP contribution in [0.15, 0.2) is 59.6 Å².